The molecule has 1 aliphatic rings. The van der Waals surface area contributed by atoms with Gasteiger partial charge in [-0.15, -0.1) is 0 Å². The van der Waals surface area contributed by atoms with Crippen molar-refractivity contribution in [2.45, 2.75) is 0 Å². The van der Waals surface area contributed by atoms with E-state index in [4.69, 9.17) is 0 Å². The Morgan fingerprint density at radius 3 is 1.23 bits per heavy atom. The first-order chi connectivity index (χ1) is 11.3. The standard InChI is InChI=1S/C14H6N2O8.2Na/c17-7-3-1-5(15(21)22)9-11(7)14(20)12-8(18)4-2-6(16(23)24)10(12)13(9)19;;/h1-4,17-18H;;/q;2*+1/p-2. The predicted molar refractivity (Wildman–Crippen MR) is 71.9 cm³/mol. The fraction of sp³-hybridized carbons (Fsp3) is 0. The quantitative estimate of drug-likeness (QED) is 0.243. The zero-order valence-corrected chi connectivity index (χ0v) is 17.5. The van der Waals surface area contributed by atoms with Crippen molar-refractivity contribution in [3.05, 3.63) is 66.7 Å². The average Bonchev–Trinajstić information content (AvgIpc) is 2.51. The minimum absolute atomic E-state index is 0. The van der Waals surface area contributed by atoms with Crippen molar-refractivity contribution in [3.63, 3.8) is 0 Å². The average molecular weight is 374 g/mol. The van der Waals surface area contributed by atoms with Crippen molar-refractivity contribution >= 4 is 22.9 Å². The predicted octanol–water partition coefficient (Wildman–Crippen LogP) is -5.57. The molecule has 2 aromatic carbocycles. The number of rotatable bonds is 2. The van der Waals surface area contributed by atoms with E-state index in [-0.39, 0.29) is 59.1 Å². The van der Waals surface area contributed by atoms with Gasteiger partial charge < -0.3 is 10.2 Å². The zero-order valence-electron chi connectivity index (χ0n) is 13.5. The molecule has 0 amide bonds. The Morgan fingerprint density at radius 1 is 0.615 bits per heavy atom. The molecule has 0 aromatic heterocycles. The second-order valence-corrected chi connectivity index (χ2v) is 4.84. The van der Waals surface area contributed by atoms with Gasteiger partial charge in [-0.25, -0.2) is 0 Å². The summed E-state index contributed by atoms with van der Waals surface area (Å²) in [4.78, 5) is 45.2. The van der Waals surface area contributed by atoms with E-state index in [1.165, 1.54) is 0 Å². The SMILES string of the molecule is O=C1c2c([O-])ccc([N+](=O)[O-])c2C(=O)c2c([N+](=O)[O-])ccc([O-])c21.[Na+].[Na+]. The van der Waals surface area contributed by atoms with Crippen molar-refractivity contribution in [2.24, 2.45) is 0 Å². The summed E-state index contributed by atoms with van der Waals surface area (Å²) >= 11 is 0. The molecule has 0 fully saturated rings. The number of nitro groups is 2. The number of nitro benzene ring substituents is 2. The van der Waals surface area contributed by atoms with Gasteiger partial charge in [0.1, 0.15) is 11.1 Å². The summed E-state index contributed by atoms with van der Waals surface area (Å²) in [7, 11) is 0. The normalized spacial score (nSPS) is 11.5. The van der Waals surface area contributed by atoms with Gasteiger partial charge in [-0.2, -0.15) is 0 Å². The zero-order chi connectivity index (χ0) is 17.8. The van der Waals surface area contributed by atoms with Crippen LogP contribution in [0.1, 0.15) is 31.8 Å². The molecule has 0 saturated heterocycles. The number of carbonyl (C=O) groups excluding carboxylic acids is 2. The fourth-order valence-corrected chi connectivity index (χ4v) is 2.61. The molecule has 12 heteroatoms. The Bertz CT molecular complexity index is 914. The molecule has 2 aromatic rings. The van der Waals surface area contributed by atoms with Crippen LogP contribution in [-0.4, -0.2) is 21.4 Å². The van der Waals surface area contributed by atoms with Gasteiger partial charge >= 0.3 is 59.1 Å². The van der Waals surface area contributed by atoms with Gasteiger partial charge in [-0.1, -0.05) is 23.6 Å². The van der Waals surface area contributed by atoms with Gasteiger partial charge in [-0.3, -0.25) is 29.8 Å². The summed E-state index contributed by atoms with van der Waals surface area (Å²) in [5.74, 6) is -4.47. The summed E-state index contributed by atoms with van der Waals surface area (Å²) in [6.45, 7) is 0. The summed E-state index contributed by atoms with van der Waals surface area (Å²) < 4.78 is 0. The third-order valence-corrected chi connectivity index (χ3v) is 3.59. The van der Waals surface area contributed by atoms with Crippen LogP contribution >= 0.6 is 0 Å². The van der Waals surface area contributed by atoms with Crippen LogP contribution in [0.4, 0.5) is 11.4 Å². The number of benzene rings is 2. The third-order valence-electron chi connectivity index (χ3n) is 3.59. The van der Waals surface area contributed by atoms with Crippen molar-refractivity contribution < 1.29 is 88.8 Å². The monoisotopic (exact) mass is 374 g/mol. The Morgan fingerprint density at radius 2 is 0.923 bits per heavy atom. The van der Waals surface area contributed by atoms with Crippen LogP contribution in [-0.2, 0) is 0 Å². The minimum Gasteiger partial charge on any atom is -0.872 e. The summed E-state index contributed by atoms with van der Waals surface area (Å²) in [5.41, 5.74) is -4.98. The molecule has 0 N–H and O–H groups in total. The van der Waals surface area contributed by atoms with Crippen molar-refractivity contribution in [1.82, 2.24) is 0 Å². The minimum atomic E-state index is -1.27. The molecule has 0 aliphatic heterocycles. The van der Waals surface area contributed by atoms with Gasteiger partial charge in [-0.05, 0) is 0 Å². The van der Waals surface area contributed by atoms with Crippen molar-refractivity contribution in [1.29, 1.82) is 0 Å². The van der Waals surface area contributed by atoms with Crippen LogP contribution in [0.3, 0.4) is 0 Å². The van der Waals surface area contributed by atoms with Crippen LogP contribution in [0.15, 0.2) is 24.3 Å². The maximum atomic E-state index is 12.6. The Kier molecular flexibility index (Phi) is 6.69. The molecule has 120 valence electrons. The van der Waals surface area contributed by atoms with E-state index >= 15 is 0 Å². The van der Waals surface area contributed by atoms with Crippen LogP contribution in [0.5, 0.6) is 11.5 Å². The molecule has 0 heterocycles. The molecule has 0 saturated carbocycles. The fourth-order valence-electron chi connectivity index (χ4n) is 2.61. The van der Waals surface area contributed by atoms with E-state index < -0.39 is 66.5 Å². The van der Waals surface area contributed by atoms with Gasteiger partial charge in [0.05, 0.1) is 9.85 Å². The summed E-state index contributed by atoms with van der Waals surface area (Å²) in [6.07, 6.45) is 0. The Balaban J connectivity index is 0.00000169. The van der Waals surface area contributed by atoms with Crippen LogP contribution in [0.2, 0.25) is 0 Å². The van der Waals surface area contributed by atoms with Gasteiger partial charge in [0.2, 0.25) is 5.78 Å². The first kappa shape index (κ1) is 22.2. The van der Waals surface area contributed by atoms with E-state index in [1.807, 2.05) is 0 Å². The smallest absolute Gasteiger partial charge is 0.872 e. The van der Waals surface area contributed by atoms with E-state index in [9.17, 15) is 40.0 Å². The number of hydrogen-bond donors (Lipinski definition) is 0. The van der Waals surface area contributed by atoms with E-state index in [0.29, 0.717) is 0 Å². The number of nitrogens with zero attached hydrogens (tertiary/aromatic N) is 2. The Labute approximate surface area is 188 Å². The maximum Gasteiger partial charge on any atom is 1.00 e. The van der Waals surface area contributed by atoms with Crippen molar-refractivity contribution in [3.8, 4) is 11.5 Å². The summed E-state index contributed by atoms with van der Waals surface area (Å²) in [6, 6.07) is 2.94. The number of fused-ring (bicyclic) bond motifs is 2. The Hall–Kier alpha value is -1.82. The number of carbonyl (C=O) groups is 2. The van der Waals surface area contributed by atoms with Gasteiger partial charge in [0.15, 0.2) is 5.78 Å². The molecule has 3 rings (SSSR count). The molecule has 0 atom stereocenters. The van der Waals surface area contributed by atoms with E-state index in [0.717, 1.165) is 24.3 Å². The third kappa shape index (κ3) is 3.15. The van der Waals surface area contributed by atoms with E-state index in [1.54, 1.807) is 0 Å². The molecular weight excluding hydrogens is 370 g/mol. The molecule has 0 bridgehead atoms. The molecule has 0 unspecified atom stereocenters. The number of ketones is 2. The molecule has 0 spiro atoms. The molecule has 1 aliphatic carbocycles. The molecule has 26 heavy (non-hydrogen) atoms. The first-order valence-corrected chi connectivity index (χ1v) is 6.32. The van der Waals surface area contributed by atoms with Gasteiger partial charge in [0, 0.05) is 23.3 Å². The topological polar surface area (TPSA) is 167 Å². The summed E-state index contributed by atoms with van der Waals surface area (Å²) in [5, 5.41) is 46.0. The number of hydrogen-bond acceptors (Lipinski definition) is 8. The largest absolute Gasteiger partial charge is 1.00 e. The second kappa shape index (κ2) is 7.82. The maximum absolute atomic E-state index is 12.6. The molecular formula is C14H4N2Na2O8. The van der Waals surface area contributed by atoms with Gasteiger partial charge in [0.25, 0.3) is 11.4 Å². The van der Waals surface area contributed by atoms with Crippen LogP contribution in [0, 0.1) is 20.2 Å². The van der Waals surface area contributed by atoms with Crippen molar-refractivity contribution in [2.75, 3.05) is 0 Å². The first-order valence-electron chi connectivity index (χ1n) is 6.32. The molecule has 0 radical (unpaired) electrons. The van der Waals surface area contributed by atoms with Crippen LogP contribution in [0.25, 0.3) is 0 Å². The second-order valence-electron chi connectivity index (χ2n) is 4.84. The van der Waals surface area contributed by atoms with Crippen LogP contribution < -0.4 is 69.3 Å². The molecule has 10 nitrogen and oxygen atoms in total. The van der Waals surface area contributed by atoms with E-state index in [2.05, 4.69) is 0 Å².